The molecule has 110 valence electrons. The maximum absolute atomic E-state index is 11.4. The van der Waals surface area contributed by atoms with Crippen LogP contribution >= 0.6 is 11.3 Å². The van der Waals surface area contributed by atoms with E-state index in [4.69, 9.17) is 4.74 Å². The number of rotatable bonds is 4. The lowest BCUT2D eigenvalue weighted by Crippen LogP contribution is -3.14. The minimum absolute atomic E-state index is 0.127. The van der Waals surface area contributed by atoms with Crippen molar-refractivity contribution in [3.8, 4) is 16.3 Å². The van der Waals surface area contributed by atoms with Gasteiger partial charge in [0.2, 0.25) is 0 Å². The Labute approximate surface area is 127 Å². The Morgan fingerprint density at radius 3 is 2.90 bits per heavy atom. The molecule has 21 heavy (non-hydrogen) atoms. The van der Waals surface area contributed by atoms with E-state index in [0.717, 1.165) is 41.6 Å². The molecule has 3 rings (SSSR count). The first-order valence-electron chi connectivity index (χ1n) is 6.93. The number of hydrogen-bond acceptors (Lipinski definition) is 4. The Kier molecular flexibility index (Phi) is 4.17. The molecule has 0 spiro atoms. The molecule has 1 fully saturated rings. The third kappa shape index (κ3) is 3.40. The van der Waals surface area contributed by atoms with Gasteiger partial charge in [0.05, 0.1) is 20.2 Å². The number of nitrogens with zero attached hydrogens (tertiary/aromatic N) is 1. The van der Waals surface area contributed by atoms with E-state index in [0.29, 0.717) is 6.54 Å². The lowest BCUT2D eigenvalue weighted by Gasteiger charge is -2.22. The number of carbonyl (C=O) groups excluding carboxylic acids is 1. The highest BCUT2D eigenvalue weighted by Gasteiger charge is 2.20. The number of ether oxygens (including phenoxy) is 1. The van der Waals surface area contributed by atoms with Gasteiger partial charge in [0.1, 0.15) is 23.0 Å². The van der Waals surface area contributed by atoms with E-state index in [9.17, 15) is 4.79 Å². The molecule has 1 aromatic carbocycles. The van der Waals surface area contributed by atoms with Crippen LogP contribution in [0.5, 0.6) is 5.75 Å². The smallest absolute Gasteiger partial charge is 0.275 e. The summed E-state index contributed by atoms with van der Waals surface area (Å²) in [6.07, 6.45) is 0. The average Bonchev–Trinajstić information content (AvgIpc) is 2.96. The average molecular weight is 304 g/mol. The minimum Gasteiger partial charge on any atom is -0.497 e. The summed E-state index contributed by atoms with van der Waals surface area (Å²) in [5.41, 5.74) is 2.15. The van der Waals surface area contributed by atoms with Crippen molar-refractivity contribution in [1.29, 1.82) is 0 Å². The molecule has 1 aliphatic rings. The molecule has 2 N–H and O–H groups in total. The molecule has 5 nitrogen and oxygen atoms in total. The van der Waals surface area contributed by atoms with Crippen LogP contribution in [0, 0.1) is 0 Å². The molecule has 1 unspecified atom stereocenters. The molecule has 1 aromatic heterocycles. The van der Waals surface area contributed by atoms with Gasteiger partial charge in [-0.1, -0.05) is 0 Å². The van der Waals surface area contributed by atoms with Gasteiger partial charge >= 0.3 is 0 Å². The van der Waals surface area contributed by atoms with Gasteiger partial charge in [-0.05, 0) is 24.3 Å². The molecule has 0 aliphatic carbocycles. The number of amides is 1. The number of methoxy groups -OCH3 is 1. The molecule has 2 aromatic rings. The molecule has 1 atom stereocenters. The van der Waals surface area contributed by atoms with Crippen molar-refractivity contribution in [2.75, 3.05) is 26.7 Å². The van der Waals surface area contributed by atoms with Crippen molar-refractivity contribution in [3.05, 3.63) is 35.3 Å². The van der Waals surface area contributed by atoms with Crippen molar-refractivity contribution < 1.29 is 14.4 Å². The van der Waals surface area contributed by atoms with Gasteiger partial charge in [0.25, 0.3) is 5.91 Å². The summed E-state index contributed by atoms with van der Waals surface area (Å²) in [6.45, 7) is 3.06. The normalized spacial score (nSPS) is 18.3. The van der Waals surface area contributed by atoms with E-state index in [1.54, 1.807) is 18.4 Å². The highest BCUT2D eigenvalue weighted by atomic mass is 32.1. The van der Waals surface area contributed by atoms with Crippen LogP contribution in [-0.2, 0) is 11.3 Å². The largest absolute Gasteiger partial charge is 0.497 e. The van der Waals surface area contributed by atoms with E-state index in [1.807, 2.05) is 24.3 Å². The molecule has 0 radical (unpaired) electrons. The number of hydrogen-bond donors (Lipinski definition) is 2. The van der Waals surface area contributed by atoms with Crippen LogP contribution in [0.2, 0.25) is 0 Å². The first-order valence-corrected chi connectivity index (χ1v) is 7.81. The molecule has 0 bridgehead atoms. The monoisotopic (exact) mass is 304 g/mol. The van der Waals surface area contributed by atoms with E-state index >= 15 is 0 Å². The van der Waals surface area contributed by atoms with Crippen molar-refractivity contribution in [3.63, 3.8) is 0 Å². The Balaban J connectivity index is 1.69. The summed E-state index contributed by atoms with van der Waals surface area (Å²) in [6, 6.07) is 7.92. The quantitative estimate of drug-likeness (QED) is 0.856. The summed E-state index contributed by atoms with van der Waals surface area (Å²) in [5.74, 6) is 0.973. The number of quaternary nitrogens is 1. The van der Waals surface area contributed by atoms with Gasteiger partial charge in [-0.25, -0.2) is 4.98 Å². The number of thiazole rings is 1. The fraction of sp³-hybridized carbons (Fsp3) is 0.333. The van der Waals surface area contributed by atoms with Gasteiger partial charge in [0, 0.05) is 10.9 Å². The molecule has 6 heteroatoms. The number of benzene rings is 1. The van der Waals surface area contributed by atoms with E-state index in [-0.39, 0.29) is 5.91 Å². The number of nitrogens with one attached hydrogen (secondary N) is 2. The van der Waals surface area contributed by atoms with E-state index in [1.165, 1.54) is 4.90 Å². The Hall–Kier alpha value is -1.92. The molecular weight excluding hydrogens is 286 g/mol. The fourth-order valence-electron chi connectivity index (χ4n) is 2.42. The van der Waals surface area contributed by atoms with Crippen LogP contribution in [0.25, 0.3) is 10.6 Å². The Bertz CT molecular complexity index is 624. The Morgan fingerprint density at radius 1 is 1.38 bits per heavy atom. The van der Waals surface area contributed by atoms with Crippen molar-refractivity contribution in [2.24, 2.45) is 0 Å². The lowest BCUT2D eigenvalue weighted by molar-refractivity contribution is -0.907. The van der Waals surface area contributed by atoms with Crippen molar-refractivity contribution in [1.82, 2.24) is 10.3 Å². The molecule has 1 saturated heterocycles. The van der Waals surface area contributed by atoms with Gasteiger partial charge in [-0.15, -0.1) is 11.3 Å². The van der Waals surface area contributed by atoms with Crippen molar-refractivity contribution >= 4 is 17.2 Å². The van der Waals surface area contributed by atoms with Gasteiger partial charge in [-0.3, -0.25) is 4.79 Å². The van der Waals surface area contributed by atoms with Gasteiger partial charge in [-0.2, -0.15) is 0 Å². The lowest BCUT2D eigenvalue weighted by atomic mass is 10.2. The van der Waals surface area contributed by atoms with Gasteiger partial charge in [0.15, 0.2) is 6.54 Å². The summed E-state index contributed by atoms with van der Waals surface area (Å²) >= 11 is 1.64. The van der Waals surface area contributed by atoms with E-state index in [2.05, 4.69) is 15.7 Å². The zero-order valence-electron chi connectivity index (χ0n) is 11.9. The standard InChI is InChI=1S/C15H17N3O2S/c1-20-13-4-2-11(3-5-13)15-17-12(10-21-15)8-18-7-6-16-14(19)9-18/h2-5,10H,6-9H2,1H3,(H,16,19)/p+1. The predicted molar refractivity (Wildman–Crippen MR) is 81.5 cm³/mol. The first-order chi connectivity index (χ1) is 10.2. The van der Waals surface area contributed by atoms with Crippen molar-refractivity contribution in [2.45, 2.75) is 6.54 Å². The SMILES string of the molecule is COc1ccc(-c2nc(C[NH+]3CCNC(=O)C3)cs2)cc1. The summed E-state index contributed by atoms with van der Waals surface area (Å²) < 4.78 is 5.16. The summed E-state index contributed by atoms with van der Waals surface area (Å²) in [7, 11) is 1.66. The summed E-state index contributed by atoms with van der Waals surface area (Å²) in [5, 5.41) is 5.94. The van der Waals surface area contributed by atoms with Crippen LogP contribution in [0.4, 0.5) is 0 Å². The molecule has 1 amide bonds. The topological polar surface area (TPSA) is 55.7 Å². The second-order valence-electron chi connectivity index (χ2n) is 5.08. The predicted octanol–water partition coefficient (Wildman–Crippen LogP) is 0.333. The highest BCUT2D eigenvalue weighted by Crippen LogP contribution is 2.25. The maximum Gasteiger partial charge on any atom is 0.275 e. The molecule has 1 aliphatic heterocycles. The fourth-order valence-corrected chi connectivity index (χ4v) is 3.24. The summed E-state index contributed by atoms with van der Waals surface area (Å²) in [4.78, 5) is 17.3. The van der Waals surface area contributed by atoms with E-state index < -0.39 is 0 Å². The van der Waals surface area contributed by atoms with Crippen LogP contribution in [0.3, 0.4) is 0 Å². The highest BCUT2D eigenvalue weighted by molar-refractivity contribution is 7.13. The van der Waals surface area contributed by atoms with Crippen LogP contribution < -0.4 is 15.0 Å². The van der Waals surface area contributed by atoms with Gasteiger partial charge < -0.3 is 15.0 Å². The zero-order chi connectivity index (χ0) is 14.7. The zero-order valence-corrected chi connectivity index (χ0v) is 12.7. The van der Waals surface area contributed by atoms with Crippen LogP contribution in [0.1, 0.15) is 5.69 Å². The maximum atomic E-state index is 11.4. The number of carbonyl (C=O) groups is 1. The van der Waals surface area contributed by atoms with Crippen LogP contribution in [0.15, 0.2) is 29.6 Å². The second-order valence-corrected chi connectivity index (χ2v) is 5.93. The third-order valence-electron chi connectivity index (χ3n) is 3.53. The van der Waals surface area contributed by atoms with Crippen LogP contribution in [-0.4, -0.2) is 37.6 Å². The number of piperazine rings is 1. The minimum atomic E-state index is 0.127. The third-order valence-corrected chi connectivity index (χ3v) is 4.47. The second kappa shape index (κ2) is 6.24. The molecule has 2 heterocycles. The molecular formula is C15H18N3O2S+. The number of aromatic nitrogens is 1. The Morgan fingerprint density at radius 2 is 2.19 bits per heavy atom. The first kappa shape index (κ1) is 14.0. The molecule has 0 saturated carbocycles.